The summed E-state index contributed by atoms with van der Waals surface area (Å²) in [5.74, 6) is 0.502. The molecule has 4 rings (SSSR count). The van der Waals surface area contributed by atoms with Gasteiger partial charge in [-0.25, -0.2) is 0 Å². The van der Waals surface area contributed by atoms with Crippen molar-refractivity contribution in [3.8, 4) is 5.75 Å². The largest absolute Gasteiger partial charge is 0.494 e. The molecule has 0 radical (unpaired) electrons. The Morgan fingerprint density at radius 1 is 1.16 bits per heavy atom. The summed E-state index contributed by atoms with van der Waals surface area (Å²) in [4.78, 5) is 31.8. The first-order valence-electron chi connectivity index (χ1n) is 11.2. The molecule has 0 aliphatic carbocycles. The van der Waals surface area contributed by atoms with E-state index in [0.29, 0.717) is 37.3 Å². The third-order valence-corrected chi connectivity index (χ3v) is 6.04. The first-order chi connectivity index (χ1) is 15.5. The number of nitrogens with two attached hydrogens (primary N) is 1. The molecule has 0 saturated carbocycles. The zero-order valence-electron chi connectivity index (χ0n) is 18.4. The Labute approximate surface area is 188 Å². The van der Waals surface area contributed by atoms with Gasteiger partial charge in [0.2, 0.25) is 5.91 Å². The van der Waals surface area contributed by atoms with E-state index in [1.54, 1.807) is 0 Å². The van der Waals surface area contributed by atoms with Gasteiger partial charge in [-0.15, -0.1) is 0 Å². The Kier molecular flexibility index (Phi) is 6.69. The molecule has 1 fully saturated rings. The van der Waals surface area contributed by atoms with Crippen LogP contribution in [-0.2, 0) is 11.2 Å². The molecule has 2 N–H and O–H groups in total. The summed E-state index contributed by atoms with van der Waals surface area (Å²) in [6.45, 7) is 3.89. The van der Waals surface area contributed by atoms with E-state index >= 15 is 0 Å². The molecule has 2 amide bonds. The molecular weight excluding hydrogens is 402 g/mol. The summed E-state index contributed by atoms with van der Waals surface area (Å²) in [6.07, 6.45) is 2.90. The minimum atomic E-state index is -0.475. The maximum absolute atomic E-state index is 12.9. The van der Waals surface area contributed by atoms with Crippen molar-refractivity contribution in [3.05, 3.63) is 71.4 Å². The number of fused-ring (bicyclic) bond motifs is 1. The second kappa shape index (κ2) is 9.81. The minimum absolute atomic E-state index is 0.00489. The lowest BCUT2D eigenvalue weighted by atomic mass is 9.90. The average molecular weight is 432 g/mol. The van der Waals surface area contributed by atoms with Gasteiger partial charge in [0.15, 0.2) is 0 Å². The molecule has 2 aromatic carbocycles. The highest BCUT2D eigenvalue weighted by atomic mass is 16.5. The van der Waals surface area contributed by atoms with Crippen molar-refractivity contribution in [1.82, 2.24) is 9.88 Å². The number of hydrogen-bond donors (Lipinski definition) is 1. The second-order valence-electron chi connectivity index (χ2n) is 8.23. The fourth-order valence-corrected chi connectivity index (χ4v) is 4.39. The fourth-order valence-electron chi connectivity index (χ4n) is 4.39. The van der Waals surface area contributed by atoms with Crippen molar-refractivity contribution in [2.75, 3.05) is 19.7 Å². The smallest absolute Gasteiger partial charge is 0.250 e. The summed E-state index contributed by atoms with van der Waals surface area (Å²) in [7, 11) is 0. The van der Waals surface area contributed by atoms with Gasteiger partial charge in [-0.3, -0.25) is 14.6 Å². The van der Waals surface area contributed by atoms with Gasteiger partial charge in [0.05, 0.1) is 23.4 Å². The summed E-state index contributed by atoms with van der Waals surface area (Å²) in [6, 6.07) is 17.4. The predicted molar refractivity (Wildman–Crippen MR) is 125 cm³/mol. The van der Waals surface area contributed by atoms with Gasteiger partial charge in [0, 0.05) is 30.8 Å². The van der Waals surface area contributed by atoms with Crippen LogP contribution in [-0.4, -0.2) is 41.4 Å². The zero-order valence-corrected chi connectivity index (χ0v) is 18.4. The molecule has 1 aliphatic heterocycles. The van der Waals surface area contributed by atoms with E-state index in [0.717, 1.165) is 41.6 Å². The molecule has 1 aliphatic rings. The first-order valence-corrected chi connectivity index (χ1v) is 11.2. The molecule has 2 heterocycles. The number of rotatable bonds is 7. The summed E-state index contributed by atoms with van der Waals surface area (Å²) >= 11 is 0. The van der Waals surface area contributed by atoms with E-state index in [-0.39, 0.29) is 11.8 Å². The van der Waals surface area contributed by atoms with Gasteiger partial charge in [0.25, 0.3) is 5.91 Å². The molecule has 0 unspecified atom stereocenters. The van der Waals surface area contributed by atoms with Crippen molar-refractivity contribution in [2.45, 2.75) is 38.5 Å². The van der Waals surface area contributed by atoms with E-state index in [1.165, 1.54) is 0 Å². The SMILES string of the molecule is CCOc1ccc(CCC(=O)N2CCC[C@@H](c3nc4ccccc4cc3C(N)=O)C2)cc1. The predicted octanol–water partition coefficient (Wildman–Crippen LogP) is 4.07. The van der Waals surface area contributed by atoms with Crippen molar-refractivity contribution in [2.24, 2.45) is 5.73 Å². The molecule has 166 valence electrons. The minimum Gasteiger partial charge on any atom is -0.494 e. The molecule has 3 aromatic rings. The van der Waals surface area contributed by atoms with Gasteiger partial charge >= 0.3 is 0 Å². The van der Waals surface area contributed by atoms with Gasteiger partial charge in [-0.05, 0) is 56.0 Å². The lowest BCUT2D eigenvalue weighted by molar-refractivity contribution is -0.132. The van der Waals surface area contributed by atoms with Crippen molar-refractivity contribution < 1.29 is 14.3 Å². The molecule has 0 bridgehead atoms. The number of likely N-dealkylation sites (tertiary alicyclic amines) is 1. The Balaban J connectivity index is 1.45. The van der Waals surface area contributed by atoms with E-state index in [4.69, 9.17) is 15.5 Å². The first kappa shape index (κ1) is 21.8. The number of primary amides is 1. The fraction of sp³-hybridized carbons (Fsp3) is 0.346. The number of carbonyl (C=O) groups excluding carboxylic acids is 2. The Morgan fingerprint density at radius 2 is 1.94 bits per heavy atom. The molecular formula is C26H29N3O3. The van der Waals surface area contributed by atoms with Crippen LogP contribution in [0, 0.1) is 0 Å². The average Bonchev–Trinajstić information content (AvgIpc) is 2.82. The highest BCUT2D eigenvalue weighted by Gasteiger charge is 2.28. The third kappa shape index (κ3) is 4.90. The maximum Gasteiger partial charge on any atom is 0.250 e. The Bertz CT molecular complexity index is 1110. The Morgan fingerprint density at radius 3 is 2.69 bits per heavy atom. The summed E-state index contributed by atoms with van der Waals surface area (Å²) in [5.41, 5.74) is 8.80. The van der Waals surface area contributed by atoms with E-state index < -0.39 is 5.91 Å². The quantitative estimate of drug-likeness (QED) is 0.611. The van der Waals surface area contributed by atoms with Crippen LogP contribution in [0.5, 0.6) is 5.75 Å². The van der Waals surface area contributed by atoms with Crippen molar-refractivity contribution >= 4 is 22.7 Å². The molecule has 1 aromatic heterocycles. The van der Waals surface area contributed by atoms with Gasteiger partial charge < -0.3 is 15.4 Å². The number of nitrogens with zero attached hydrogens (tertiary/aromatic N) is 2. The van der Waals surface area contributed by atoms with Gasteiger partial charge in [-0.1, -0.05) is 30.3 Å². The molecule has 0 spiro atoms. The standard InChI is InChI=1S/C26H29N3O3/c1-2-32-21-12-9-18(10-13-21)11-14-24(30)29-15-5-7-20(17-29)25-22(26(27)31)16-19-6-3-4-8-23(19)28-25/h3-4,6,8-10,12-13,16,20H,2,5,7,11,14-15,17H2,1H3,(H2,27,31)/t20-/m1/s1. The number of aromatic nitrogens is 1. The van der Waals surface area contributed by atoms with Crippen molar-refractivity contribution in [3.63, 3.8) is 0 Å². The highest BCUT2D eigenvalue weighted by molar-refractivity contribution is 5.97. The number of aryl methyl sites for hydroxylation is 1. The molecule has 32 heavy (non-hydrogen) atoms. The number of ether oxygens (including phenoxy) is 1. The van der Waals surface area contributed by atoms with Gasteiger partial charge in [-0.2, -0.15) is 0 Å². The summed E-state index contributed by atoms with van der Waals surface area (Å²) in [5, 5.41) is 0.893. The molecule has 6 nitrogen and oxygen atoms in total. The molecule has 6 heteroatoms. The monoisotopic (exact) mass is 431 g/mol. The zero-order chi connectivity index (χ0) is 22.5. The van der Waals surface area contributed by atoms with Crippen LogP contribution in [0.25, 0.3) is 10.9 Å². The number of benzene rings is 2. The van der Waals surface area contributed by atoms with Crippen LogP contribution in [0.3, 0.4) is 0 Å². The lowest BCUT2D eigenvalue weighted by Crippen LogP contribution is -2.40. The third-order valence-electron chi connectivity index (χ3n) is 6.04. The van der Waals surface area contributed by atoms with Crippen LogP contribution in [0.1, 0.15) is 53.7 Å². The topological polar surface area (TPSA) is 85.5 Å². The van der Waals surface area contributed by atoms with Crippen molar-refractivity contribution in [1.29, 1.82) is 0 Å². The van der Waals surface area contributed by atoms with Crippen LogP contribution in [0.2, 0.25) is 0 Å². The number of piperidine rings is 1. The number of hydrogen-bond acceptors (Lipinski definition) is 4. The van der Waals surface area contributed by atoms with Crippen LogP contribution in [0.4, 0.5) is 0 Å². The van der Waals surface area contributed by atoms with Crippen LogP contribution in [0.15, 0.2) is 54.6 Å². The van der Waals surface area contributed by atoms with Crippen LogP contribution >= 0.6 is 0 Å². The van der Waals surface area contributed by atoms with E-state index in [1.807, 2.05) is 66.4 Å². The van der Waals surface area contributed by atoms with E-state index in [9.17, 15) is 9.59 Å². The number of amides is 2. The van der Waals surface area contributed by atoms with Gasteiger partial charge in [0.1, 0.15) is 5.75 Å². The molecule has 1 atom stereocenters. The van der Waals surface area contributed by atoms with Crippen LogP contribution < -0.4 is 10.5 Å². The maximum atomic E-state index is 12.9. The Hall–Kier alpha value is -3.41. The lowest BCUT2D eigenvalue weighted by Gasteiger charge is -2.33. The number of pyridine rings is 1. The normalized spacial score (nSPS) is 16.2. The highest BCUT2D eigenvalue weighted by Crippen LogP contribution is 2.30. The second-order valence-corrected chi connectivity index (χ2v) is 8.23. The number of carbonyl (C=O) groups is 2. The number of para-hydroxylation sites is 1. The summed E-state index contributed by atoms with van der Waals surface area (Å²) < 4.78 is 5.47. The molecule has 1 saturated heterocycles. The van der Waals surface area contributed by atoms with E-state index in [2.05, 4.69) is 0 Å².